The second kappa shape index (κ2) is 5.47. The Balaban J connectivity index is 1.91. The van der Waals surface area contributed by atoms with Gasteiger partial charge >= 0.3 is 0 Å². The van der Waals surface area contributed by atoms with Gasteiger partial charge in [-0.25, -0.2) is 0 Å². The molecule has 0 radical (unpaired) electrons. The number of benzene rings is 1. The van der Waals surface area contributed by atoms with Crippen LogP contribution < -0.4 is 10.5 Å². The van der Waals surface area contributed by atoms with Crippen LogP contribution in [0.15, 0.2) is 51.8 Å². The number of rotatable bonds is 5. The average molecular weight is 274 g/mol. The zero-order chi connectivity index (χ0) is 13.1. The molecule has 1 atom stereocenters. The fraction of sp³-hybridized carbons (Fsp3) is 0.200. The summed E-state index contributed by atoms with van der Waals surface area (Å²) in [7, 11) is 0. The molecular weight excluding hydrogens is 258 g/mol. The van der Waals surface area contributed by atoms with E-state index >= 15 is 0 Å². The lowest BCUT2D eigenvalue weighted by Crippen LogP contribution is -2.50. The van der Waals surface area contributed by atoms with Gasteiger partial charge in [0.2, 0.25) is 0 Å². The van der Waals surface area contributed by atoms with Gasteiger partial charge in [0.25, 0.3) is 0 Å². The highest BCUT2D eigenvalue weighted by atomic mass is 32.1. The third-order valence-corrected chi connectivity index (χ3v) is 3.79. The predicted octanol–water partition coefficient (Wildman–Crippen LogP) is 3.25. The third kappa shape index (κ3) is 2.50. The molecule has 3 N–H and O–H groups in total. The van der Waals surface area contributed by atoms with Gasteiger partial charge in [-0.05, 0) is 29.0 Å². The Labute approximate surface area is 115 Å². The molecule has 3 aromatic rings. The number of quaternary nitrogens is 1. The van der Waals surface area contributed by atoms with Gasteiger partial charge in [-0.2, -0.15) is 11.3 Å². The van der Waals surface area contributed by atoms with Gasteiger partial charge in [0.15, 0.2) is 11.3 Å². The standard InChI is InChI=1S/C15H15NO2S/c16-7-4-13(12-6-9-19-10-12)18-14-3-1-2-11-5-8-17-15(11)14/h1-3,5-6,8-10,13H,4,7,16H2/p+1. The van der Waals surface area contributed by atoms with Crippen molar-refractivity contribution in [3.63, 3.8) is 0 Å². The van der Waals surface area contributed by atoms with E-state index in [4.69, 9.17) is 9.15 Å². The van der Waals surface area contributed by atoms with Gasteiger partial charge in [0.05, 0.1) is 12.8 Å². The molecule has 0 bridgehead atoms. The van der Waals surface area contributed by atoms with E-state index in [1.165, 1.54) is 5.56 Å². The van der Waals surface area contributed by atoms with Crippen LogP contribution in [0.4, 0.5) is 0 Å². The van der Waals surface area contributed by atoms with Crippen LogP contribution in [0, 0.1) is 0 Å². The Morgan fingerprint density at radius 3 is 3.00 bits per heavy atom. The highest BCUT2D eigenvalue weighted by molar-refractivity contribution is 7.07. The molecule has 19 heavy (non-hydrogen) atoms. The monoisotopic (exact) mass is 274 g/mol. The Kier molecular flexibility index (Phi) is 3.53. The molecule has 0 amide bonds. The second-order valence-corrected chi connectivity index (χ2v) is 5.18. The lowest BCUT2D eigenvalue weighted by Gasteiger charge is -2.17. The van der Waals surface area contributed by atoms with Crippen LogP contribution in [-0.4, -0.2) is 6.54 Å². The number of furan rings is 1. The van der Waals surface area contributed by atoms with E-state index in [1.54, 1.807) is 17.6 Å². The molecule has 4 heteroatoms. The van der Waals surface area contributed by atoms with Crippen molar-refractivity contribution >= 4 is 22.3 Å². The van der Waals surface area contributed by atoms with Gasteiger partial charge in [-0.1, -0.05) is 12.1 Å². The van der Waals surface area contributed by atoms with E-state index in [-0.39, 0.29) is 6.10 Å². The first kappa shape index (κ1) is 12.3. The van der Waals surface area contributed by atoms with E-state index in [0.29, 0.717) is 0 Å². The largest absolute Gasteiger partial charge is 0.482 e. The molecule has 0 saturated heterocycles. The second-order valence-electron chi connectivity index (χ2n) is 4.40. The minimum atomic E-state index is 0.0412. The summed E-state index contributed by atoms with van der Waals surface area (Å²) in [6.45, 7) is 0.842. The molecule has 0 aliphatic rings. The summed E-state index contributed by atoms with van der Waals surface area (Å²) in [6.07, 6.45) is 2.63. The summed E-state index contributed by atoms with van der Waals surface area (Å²) in [6, 6.07) is 10.0. The van der Waals surface area contributed by atoms with Gasteiger partial charge in [0.1, 0.15) is 6.10 Å². The van der Waals surface area contributed by atoms with Crippen LogP contribution in [0.3, 0.4) is 0 Å². The molecular formula is C15H16NO2S+. The smallest absolute Gasteiger partial charge is 0.175 e. The topological polar surface area (TPSA) is 50.0 Å². The summed E-state index contributed by atoms with van der Waals surface area (Å²) in [5.74, 6) is 0.798. The molecule has 1 unspecified atom stereocenters. The highest BCUT2D eigenvalue weighted by Gasteiger charge is 2.16. The Bertz CT molecular complexity index is 645. The predicted molar refractivity (Wildman–Crippen MR) is 76.3 cm³/mol. The Morgan fingerprint density at radius 2 is 2.21 bits per heavy atom. The van der Waals surface area contributed by atoms with E-state index < -0.39 is 0 Å². The zero-order valence-electron chi connectivity index (χ0n) is 10.5. The van der Waals surface area contributed by atoms with Gasteiger partial charge in [-0.15, -0.1) is 0 Å². The minimum absolute atomic E-state index is 0.0412. The Hall–Kier alpha value is -1.78. The molecule has 2 aromatic heterocycles. The quantitative estimate of drug-likeness (QED) is 0.776. The maximum Gasteiger partial charge on any atom is 0.175 e. The number of fused-ring (bicyclic) bond motifs is 1. The van der Waals surface area contributed by atoms with Crippen molar-refractivity contribution in [1.82, 2.24) is 0 Å². The fourth-order valence-corrected chi connectivity index (χ4v) is 2.85. The molecule has 98 valence electrons. The summed E-state index contributed by atoms with van der Waals surface area (Å²) in [5.41, 5.74) is 5.95. The van der Waals surface area contributed by atoms with Crippen LogP contribution >= 0.6 is 11.3 Å². The molecule has 1 aromatic carbocycles. The van der Waals surface area contributed by atoms with E-state index in [9.17, 15) is 0 Å². The molecule has 3 nitrogen and oxygen atoms in total. The fourth-order valence-electron chi connectivity index (χ4n) is 2.15. The highest BCUT2D eigenvalue weighted by Crippen LogP contribution is 2.32. The van der Waals surface area contributed by atoms with Crippen molar-refractivity contribution in [2.24, 2.45) is 0 Å². The summed E-state index contributed by atoms with van der Waals surface area (Å²) < 4.78 is 11.7. The SMILES string of the molecule is [NH3+]CCC(Oc1cccc2ccoc12)c1ccsc1. The van der Waals surface area contributed by atoms with Crippen LogP contribution in [0.25, 0.3) is 11.0 Å². The number of ether oxygens (including phenoxy) is 1. The molecule has 0 saturated carbocycles. The Morgan fingerprint density at radius 1 is 1.26 bits per heavy atom. The van der Waals surface area contributed by atoms with Crippen LogP contribution in [-0.2, 0) is 0 Å². The maximum atomic E-state index is 6.14. The van der Waals surface area contributed by atoms with Gasteiger partial charge < -0.3 is 14.9 Å². The van der Waals surface area contributed by atoms with Crippen molar-refractivity contribution < 1.29 is 14.9 Å². The minimum Gasteiger partial charge on any atom is -0.482 e. The van der Waals surface area contributed by atoms with E-state index in [0.717, 1.165) is 29.7 Å². The van der Waals surface area contributed by atoms with Crippen molar-refractivity contribution in [1.29, 1.82) is 0 Å². The molecule has 0 fully saturated rings. The zero-order valence-corrected chi connectivity index (χ0v) is 11.4. The van der Waals surface area contributed by atoms with Crippen LogP contribution in [0.5, 0.6) is 5.75 Å². The summed E-state index contributed by atoms with van der Waals surface area (Å²) in [5, 5.41) is 5.27. The first-order chi connectivity index (χ1) is 9.38. The normalized spacial score (nSPS) is 12.7. The molecule has 0 spiro atoms. The summed E-state index contributed by atoms with van der Waals surface area (Å²) >= 11 is 1.69. The molecule has 0 aliphatic carbocycles. The average Bonchev–Trinajstić information content (AvgIpc) is 3.10. The van der Waals surface area contributed by atoms with E-state index in [1.807, 2.05) is 24.3 Å². The maximum absolute atomic E-state index is 6.14. The van der Waals surface area contributed by atoms with Crippen molar-refractivity contribution in [2.75, 3.05) is 6.54 Å². The van der Waals surface area contributed by atoms with Gasteiger partial charge in [0, 0.05) is 17.4 Å². The summed E-state index contributed by atoms with van der Waals surface area (Å²) in [4.78, 5) is 0. The van der Waals surface area contributed by atoms with Crippen molar-refractivity contribution in [2.45, 2.75) is 12.5 Å². The van der Waals surface area contributed by atoms with E-state index in [2.05, 4.69) is 22.6 Å². The first-order valence-electron chi connectivity index (χ1n) is 6.32. The molecule has 0 aliphatic heterocycles. The van der Waals surface area contributed by atoms with Gasteiger partial charge in [-0.3, -0.25) is 0 Å². The molecule has 3 rings (SSSR count). The lowest BCUT2D eigenvalue weighted by molar-refractivity contribution is -0.370. The molecule has 2 heterocycles. The number of thiophene rings is 1. The van der Waals surface area contributed by atoms with Crippen LogP contribution in [0.1, 0.15) is 18.1 Å². The number of hydrogen-bond acceptors (Lipinski definition) is 3. The van der Waals surface area contributed by atoms with Crippen molar-refractivity contribution in [3.05, 3.63) is 52.9 Å². The number of para-hydroxylation sites is 1. The first-order valence-corrected chi connectivity index (χ1v) is 7.27. The number of hydrogen-bond donors (Lipinski definition) is 1. The lowest BCUT2D eigenvalue weighted by atomic mass is 10.1. The van der Waals surface area contributed by atoms with Crippen LogP contribution in [0.2, 0.25) is 0 Å². The third-order valence-electron chi connectivity index (χ3n) is 3.09. The van der Waals surface area contributed by atoms with Crippen molar-refractivity contribution in [3.8, 4) is 5.75 Å².